The Morgan fingerprint density at radius 3 is 2.94 bits per heavy atom. The maximum Gasteiger partial charge on any atom is 0.199 e. The van der Waals surface area contributed by atoms with Crippen LogP contribution < -0.4 is 0 Å². The molecule has 0 radical (unpaired) electrons. The predicted molar refractivity (Wildman–Crippen MR) is 66.1 cm³/mol. The Hall–Kier alpha value is -0.230. The summed E-state index contributed by atoms with van der Waals surface area (Å²) in [7, 11) is 0. The molecule has 1 aliphatic heterocycles. The van der Waals surface area contributed by atoms with Crippen molar-refractivity contribution in [2.75, 3.05) is 19.8 Å². The Bertz CT molecular complexity index is 358. The molecule has 88 valence electrons. The van der Waals surface area contributed by atoms with Crippen molar-refractivity contribution in [3.63, 3.8) is 0 Å². The lowest BCUT2D eigenvalue weighted by Gasteiger charge is -2.21. The standard InChI is InChI=1S/C11H13BrO3S/c12-9-3-6-16-11(9)10(13)7-15-8-1-4-14-5-2-8/h3,6,8H,1-2,4-5,7H2. The predicted octanol–water partition coefficient (Wildman–Crippen LogP) is 2.89. The van der Waals surface area contributed by atoms with Gasteiger partial charge in [-0.1, -0.05) is 0 Å². The number of carbonyl (C=O) groups is 1. The summed E-state index contributed by atoms with van der Waals surface area (Å²) in [5.41, 5.74) is 0. The number of Topliss-reactive ketones (excluding diaryl/α,β-unsaturated/α-hetero) is 1. The summed E-state index contributed by atoms with van der Waals surface area (Å²) in [5, 5.41) is 1.89. The van der Waals surface area contributed by atoms with Gasteiger partial charge in [-0.3, -0.25) is 4.79 Å². The molecule has 1 aliphatic rings. The maximum atomic E-state index is 11.8. The molecule has 1 saturated heterocycles. The second kappa shape index (κ2) is 5.91. The summed E-state index contributed by atoms with van der Waals surface area (Å²) in [6, 6.07) is 1.88. The van der Waals surface area contributed by atoms with Gasteiger partial charge < -0.3 is 9.47 Å². The van der Waals surface area contributed by atoms with E-state index in [0.29, 0.717) is 0 Å². The number of thiophene rings is 1. The van der Waals surface area contributed by atoms with Gasteiger partial charge in [0.1, 0.15) is 6.61 Å². The Morgan fingerprint density at radius 1 is 1.56 bits per heavy atom. The first-order valence-corrected chi connectivity index (χ1v) is 6.90. The molecule has 0 unspecified atom stereocenters. The quantitative estimate of drug-likeness (QED) is 0.802. The number of halogens is 1. The molecule has 16 heavy (non-hydrogen) atoms. The van der Waals surface area contributed by atoms with Crippen molar-refractivity contribution in [2.45, 2.75) is 18.9 Å². The molecule has 0 spiro atoms. The summed E-state index contributed by atoms with van der Waals surface area (Å²) < 4.78 is 11.7. The summed E-state index contributed by atoms with van der Waals surface area (Å²) in [4.78, 5) is 12.5. The fraction of sp³-hybridized carbons (Fsp3) is 0.545. The van der Waals surface area contributed by atoms with Gasteiger partial charge in [0.2, 0.25) is 0 Å². The lowest BCUT2D eigenvalue weighted by molar-refractivity contribution is -0.0261. The van der Waals surface area contributed by atoms with Crippen LogP contribution in [0.15, 0.2) is 15.9 Å². The van der Waals surface area contributed by atoms with Crippen LogP contribution in [0.25, 0.3) is 0 Å². The first-order valence-electron chi connectivity index (χ1n) is 5.23. The summed E-state index contributed by atoms with van der Waals surface area (Å²) >= 11 is 4.79. The van der Waals surface area contributed by atoms with Gasteiger partial charge in [-0.2, -0.15) is 0 Å². The largest absolute Gasteiger partial charge is 0.381 e. The molecule has 3 nitrogen and oxygen atoms in total. The van der Waals surface area contributed by atoms with E-state index in [2.05, 4.69) is 15.9 Å². The van der Waals surface area contributed by atoms with Gasteiger partial charge in [0.05, 0.1) is 11.0 Å². The van der Waals surface area contributed by atoms with Crippen molar-refractivity contribution < 1.29 is 14.3 Å². The number of ether oxygens (including phenoxy) is 2. The van der Waals surface area contributed by atoms with E-state index in [9.17, 15) is 4.79 Å². The van der Waals surface area contributed by atoms with E-state index in [1.807, 2.05) is 11.4 Å². The third-order valence-corrected chi connectivity index (χ3v) is 4.37. The molecule has 1 aromatic heterocycles. The molecule has 2 rings (SSSR count). The zero-order valence-corrected chi connectivity index (χ0v) is 11.2. The lowest BCUT2D eigenvalue weighted by Crippen LogP contribution is -2.25. The number of hydrogen-bond acceptors (Lipinski definition) is 4. The molecule has 0 saturated carbocycles. The minimum Gasteiger partial charge on any atom is -0.381 e. The Kier molecular flexibility index (Phi) is 4.52. The first kappa shape index (κ1) is 12.2. The molecule has 1 fully saturated rings. The lowest BCUT2D eigenvalue weighted by atomic mass is 10.1. The van der Waals surface area contributed by atoms with Crippen LogP contribution in [0.2, 0.25) is 0 Å². The third-order valence-electron chi connectivity index (χ3n) is 2.49. The number of rotatable bonds is 4. The van der Waals surface area contributed by atoms with Crippen molar-refractivity contribution in [1.29, 1.82) is 0 Å². The molecule has 2 heterocycles. The summed E-state index contributed by atoms with van der Waals surface area (Å²) in [6.45, 7) is 1.65. The molecule has 0 bridgehead atoms. The highest BCUT2D eigenvalue weighted by Gasteiger charge is 2.17. The monoisotopic (exact) mass is 304 g/mol. The van der Waals surface area contributed by atoms with Crippen LogP contribution in [0.1, 0.15) is 22.5 Å². The molecule has 1 aromatic rings. The van der Waals surface area contributed by atoms with Gasteiger partial charge in [0.25, 0.3) is 0 Å². The second-order valence-electron chi connectivity index (χ2n) is 3.64. The van der Waals surface area contributed by atoms with Gasteiger partial charge in [0.15, 0.2) is 5.78 Å². The van der Waals surface area contributed by atoms with Gasteiger partial charge in [-0.05, 0) is 40.2 Å². The zero-order valence-electron chi connectivity index (χ0n) is 8.78. The van der Waals surface area contributed by atoms with Crippen LogP contribution in [0.4, 0.5) is 0 Å². The van der Waals surface area contributed by atoms with Crippen LogP contribution in [0.5, 0.6) is 0 Å². The number of carbonyl (C=O) groups excluding carboxylic acids is 1. The molecular weight excluding hydrogens is 292 g/mol. The van der Waals surface area contributed by atoms with Gasteiger partial charge in [0, 0.05) is 17.7 Å². The minimum atomic E-state index is 0.0494. The van der Waals surface area contributed by atoms with E-state index in [-0.39, 0.29) is 18.5 Å². The normalized spacial score (nSPS) is 17.6. The number of hydrogen-bond donors (Lipinski definition) is 0. The van der Waals surface area contributed by atoms with Crippen molar-refractivity contribution >= 4 is 33.0 Å². The number of ketones is 1. The van der Waals surface area contributed by atoms with Crippen molar-refractivity contribution in [3.8, 4) is 0 Å². The van der Waals surface area contributed by atoms with E-state index in [1.165, 1.54) is 11.3 Å². The van der Waals surface area contributed by atoms with Gasteiger partial charge in [-0.25, -0.2) is 0 Å². The molecule has 0 aromatic carbocycles. The summed E-state index contributed by atoms with van der Waals surface area (Å²) in [5.74, 6) is 0.0494. The van der Waals surface area contributed by atoms with E-state index in [0.717, 1.165) is 35.4 Å². The van der Waals surface area contributed by atoms with Crippen LogP contribution in [0, 0.1) is 0 Å². The van der Waals surface area contributed by atoms with Crippen LogP contribution in [-0.2, 0) is 9.47 Å². The van der Waals surface area contributed by atoms with Crippen LogP contribution >= 0.6 is 27.3 Å². The Labute approximate surface area is 107 Å². The SMILES string of the molecule is O=C(COC1CCOCC1)c1sccc1Br. The molecule has 5 heteroatoms. The minimum absolute atomic E-state index is 0.0494. The molecule has 0 atom stereocenters. The molecule has 0 amide bonds. The molecule has 0 aliphatic carbocycles. The third kappa shape index (κ3) is 3.13. The highest BCUT2D eigenvalue weighted by atomic mass is 79.9. The van der Waals surface area contributed by atoms with E-state index in [4.69, 9.17) is 9.47 Å². The van der Waals surface area contributed by atoms with E-state index >= 15 is 0 Å². The second-order valence-corrected chi connectivity index (χ2v) is 5.41. The maximum absolute atomic E-state index is 11.8. The summed E-state index contributed by atoms with van der Waals surface area (Å²) in [6.07, 6.45) is 1.95. The van der Waals surface area contributed by atoms with E-state index < -0.39 is 0 Å². The first-order chi connectivity index (χ1) is 7.77. The Morgan fingerprint density at radius 2 is 2.31 bits per heavy atom. The topological polar surface area (TPSA) is 35.5 Å². The zero-order chi connectivity index (χ0) is 11.4. The highest BCUT2D eigenvalue weighted by Crippen LogP contribution is 2.23. The van der Waals surface area contributed by atoms with Crippen molar-refractivity contribution in [1.82, 2.24) is 0 Å². The van der Waals surface area contributed by atoms with Crippen LogP contribution in [0.3, 0.4) is 0 Å². The van der Waals surface area contributed by atoms with Crippen molar-refractivity contribution in [3.05, 3.63) is 20.8 Å². The molecule has 0 N–H and O–H groups in total. The highest BCUT2D eigenvalue weighted by molar-refractivity contribution is 9.10. The van der Waals surface area contributed by atoms with E-state index in [1.54, 1.807) is 0 Å². The van der Waals surface area contributed by atoms with Crippen LogP contribution in [-0.4, -0.2) is 31.7 Å². The van der Waals surface area contributed by atoms with Crippen molar-refractivity contribution in [2.24, 2.45) is 0 Å². The fourth-order valence-electron chi connectivity index (χ4n) is 1.59. The fourth-order valence-corrected chi connectivity index (χ4v) is 3.11. The van der Waals surface area contributed by atoms with Gasteiger partial charge >= 0.3 is 0 Å². The average Bonchev–Trinajstić information content (AvgIpc) is 2.74. The average molecular weight is 305 g/mol. The smallest absolute Gasteiger partial charge is 0.199 e. The Balaban J connectivity index is 1.81. The molecular formula is C11H13BrO3S. The van der Waals surface area contributed by atoms with Gasteiger partial charge in [-0.15, -0.1) is 11.3 Å².